The predicted molar refractivity (Wildman–Crippen MR) is 102 cm³/mol. The number of aromatic nitrogens is 3. The molecule has 0 aliphatic carbocycles. The zero-order valence-corrected chi connectivity index (χ0v) is 15.2. The van der Waals surface area contributed by atoms with E-state index in [1.54, 1.807) is 18.5 Å². The van der Waals surface area contributed by atoms with Crippen LogP contribution in [0.4, 0.5) is 5.69 Å². The fourth-order valence-corrected chi connectivity index (χ4v) is 3.43. The standard InChI is InChI=1S/C21H22N4O2/c1-15-11-18(7-9-22-15)24-21(26)19-8-10-27-20(19)17-12-23-25(14-17)13-16-5-3-2-4-6-16/h2-7,9,11-12,14,19-20H,8,10,13H2,1H3,(H,22,24,26)/t19-,20+/m0/s1. The molecule has 0 radical (unpaired) electrons. The number of aryl methyl sites for hydroxylation is 1. The van der Waals surface area contributed by atoms with Gasteiger partial charge in [-0.2, -0.15) is 5.10 Å². The Balaban J connectivity index is 1.46. The molecule has 0 unspecified atom stereocenters. The maximum absolute atomic E-state index is 12.8. The fraction of sp³-hybridized carbons (Fsp3) is 0.286. The summed E-state index contributed by atoms with van der Waals surface area (Å²) in [6.07, 6.45) is 5.90. The minimum atomic E-state index is -0.266. The zero-order chi connectivity index (χ0) is 18.6. The molecule has 3 heterocycles. The molecule has 1 aliphatic heterocycles. The first-order valence-electron chi connectivity index (χ1n) is 9.10. The molecule has 27 heavy (non-hydrogen) atoms. The average Bonchev–Trinajstić information content (AvgIpc) is 3.31. The maximum atomic E-state index is 12.8. The second kappa shape index (κ2) is 7.72. The van der Waals surface area contributed by atoms with E-state index in [9.17, 15) is 4.79 Å². The van der Waals surface area contributed by atoms with E-state index in [-0.39, 0.29) is 17.9 Å². The molecule has 1 aromatic carbocycles. The Kier molecular flexibility index (Phi) is 4.98. The van der Waals surface area contributed by atoms with Gasteiger partial charge in [-0.05, 0) is 31.0 Å². The van der Waals surface area contributed by atoms with Gasteiger partial charge in [-0.15, -0.1) is 0 Å². The molecular weight excluding hydrogens is 340 g/mol. The highest BCUT2D eigenvalue weighted by atomic mass is 16.5. The molecule has 6 nitrogen and oxygen atoms in total. The van der Waals surface area contributed by atoms with Crippen molar-refractivity contribution in [3.05, 3.63) is 77.9 Å². The number of pyridine rings is 1. The van der Waals surface area contributed by atoms with Gasteiger partial charge in [0.1, 0.15) is 0 Å². The summed E-state index contributed by atoms with van der Waals surface area (Å²) in [6.45, 7) is 3.17. The van der Waals surface area contributed by atoms with E-state index in [0.717, 1.165) is 16.9 Å². The minimum Gasteiger partial charge on any atom is -0.373 e. The zero-order valence-electron chi connectivity index (χ0n) is 15.2. The summed E-state index contributed by atoms with van der Waals surface area (Å²) in [4.78, 5) is 16.9. The van der Waals surface area contributed by atoms with Crippen molar-refractivity contribution in [2.45, 2.75) is 26.0 Å². The molecule has 0 bridgehead atoms. The predicted octanol–water partition coefficient (Wildman–Crippen LogP) is 3.35. The van der Waals surface area contributed by atoms with Gasteiger partial charge in [0.15, 0.2) is 0 Å². The largest absolute Gasteiger partial charge is 0.373 e. The normalized spacial score (nSPS) is 19.1. The minimum absolute atomic E-state index is 0.0288. The third kappa shape index (κ3) is 4.06. The molecule has 2 atom stereocenters. The molecule has 1 fully saturated rings. The van der Waals surface area contributed by atoms with Crippen molar-refractivity contribution >= 4 is 11.6 Å². The van der Waals surface area contributed by atoms with Gasteiger partial charge in [0, 0.05) is 35.9 Å². The monoisotopic (exact) mass is 362 g/mol. The number of hydrogen-bond acceptors (Lipinski definition) is 4. The van der Waals surface area contributed by atoms with Crippen LogP contribution < -0.4 is 5.32 Å². The number of nitrogens with zero attached hydrogens (tertiary/aromatic N) is 3. The Morgan fingerprint density at radius 2 is 2.15 bits per heavy atom. The van der Waals surface area contributed by atoms with Crippen LogP contribution in [0, 0.1) is 12.8 Å². The Labute approximate surface area is 158 Å². The summed E-state index contributed by atoms with van der Waals surface area (Å²) in [5, 5.41) is 7.43. The molecule has 1 N–H and O–H groups in total. The van der Waals surface area contributed by atoms with Gasteiger partial charge in [-0.3, -0.25) is 14.5 Å². The molecule has 1 saturated heterocycles. The molecule has 6 heteroatoms. The number of amides is 1. The van der Waals surface area contributed by atoms with Crippen LogP contribution in [0.2, 0.25) is 0 Å². The summed E-state index contributed by atoms with van der Waals surface area (Å²) < 4.78 is 7.75. The van der Waals surface area contributed by atoms with E-state index in [1.807, 2.05) is 42.1 Å². The van der Waals surface area contributed by atoms with Crippen LogP contribution in [-0.4, -0.2) is 27.3 Å². The van der Waals surface area contributed by atoms with Crippen LogP contribution >= 0.6 is 0 Å². The van der Waals surface area contributed by atoms with Gasteiger partial charge in [0.25, 0.3) is 0 Å². The summed E-state index contributed by atoms with van der Waals surface area (Å²) >= 11 is 0. The first kappa shape index (κ1) is 17.4. The van der Waals surface area contributed by atoms with Crippen LogP contribution in [0.1, 0.15) is 29.3 Å². The number of carbonyl (C=O) groups excluding carboxylic acids is 1. The van der Waals surface area contributed by atoms with Gasteiger partial charge < -0.3 is 10.1 Å². The van der Waals surface area contributed by atoms with Crippen molar-refractivity contribution in [2.75, 3.05) is 11.9 Å². The van der Waals surface area contributed by atoms with Crippen molar-refractivity contribution in [3.8, 4) is 0 Å². The lowest BCUT2D eigenvalue weighted by Crippen LogP contribution is -2.25. The first-order valence-corrected chi connectivity index (χ1v) is 9.10. The number of hydrogen-bond donors (Lipinski definition) is 1. The van der Waals surface area contributed by atoms with Crippen molar-refractivity contribution in [1.82, 2.24) is 14.8 Å². The van der Waals surface area contributed by atoms with Crippen molar-refractivity contribution in [3.63, 3.8) is 0 Å². The molecule has 0 saturated carbocycles. The van der Waals surface area contributed by atoms with Gasteiger partial charge in [0.05, 0.1) is 24.8 Å². The molecule has 2 aromatic heterocycles. The number of rotatable bonds is 5. The van der Waals surface area contributed by atoms with E-state index >= 15 is 0 Å². The van der Waals surface area contributed by atoms with Crippen LogP contribution in [0.25, 0.3) is 0 Å². The van der Waals surface area contributed by atoms with Crippen LogP contribution in [-0.2, 0) is 16.1 Å². The van der Waals surface area contributed by atoms with Crippen LogP contribution in [0.5, 0.6) is 0 Å². The number of benzene rings is 1. The number of carbonyl (C=O) groups is 1. The average molecular weight is 362 g/mol. The summed E-state index contributed by atoms with van der Waals surface area (Å²) in [5.41, 5.74) is 3.75. The Morgan fingerprint density at radius 3 is 2.96 bits per heavy atom. The molecule has 1 amide bonds. The quantitative estimate of drug-likeness (QED) is 0.756. The smallest absolute Gasteiger partial charge is 0.230 e. The van der Waals surface area contributed by atoms with Crippen molar-refractivity contribution < 1.29 is 9.53 Å². The Morgan fingerprint density at radius 1 is 1.30 bits per heavy atom. The van der Waals surface area contributed by atoms with E-state index in [4.69, 9.17) is 4.74 Å². The maximum Gasteiger partial charge on any atom is 0.230 e. The second-order valence-corrected chi connectivity index (χ2v) is 6.82. The van der Waals surface area contributed by atoms with Crippen LogP contribution in [0.15, 0.2) is 61.1 Å². The van der Waals surface area contributed by atoms with E-state index in [0.29, 0.717) is 19.6 Å². The summed E-state index contributed by atoms with van der Waals surface area (Å²) in [6, 6.07) is 13.8. The summed E-state index contributed by atoms with van der Waals surface area (Å²) in [5.74, 6) is -0.258. The highest BCUT2D eigenvalue weighted by Crippen LogP contribution is 2.35. The third-order valence-electron chi connectivity index (χ3n) is 4.76. The van der Waals surface area contributed by atoms with E-state index in [1.165, 1.54) is 5.56 Å². The lowest BCUT2D eigenvalue weighted by molar-refractivity contribution is -0.121. The van der Waals surface area contributed by atoms with Gasteiger partial charge in [-0.1, -0.05) is 30.3 Å². The topological polar surface area (TPSA) is 69.0 Å². The molecule has 4 rings (SSSR count). The van der Waals surface area contributed by atoms with Gasteiger partial charge in [-0.25, -0.2) is 0 Å². The molecule has 0 spiro atoms. The SMILES string of the molecule is Cc1cc(NC(=O)[C@H]2CCO[C@@H]2c2cnn(Cc3ccccc3)c2)ccn1. The lowest BCUT2D eigenvalue weighted by atomic mass is 9.96. The fourth-order valence-electron chi connectivity index (χ4n) is 3.43. The molecule has 1 aliphatic rings. The van der Waals surface area contributed by atoms with Crippen molar-refractivity contribution in [2.24, 2.45) is 5.92 Å². The first-order chi connectivity index (χ1) is 13.2. The van der Waals surface area contributed by atoms with E-state index in [2.05, 4.69) is 27.5 Å². The third-order valence-corrected chi connectivity index (χ3v) is 4.76. The van der Waals surface area contributed by atoms with Gasteiger partial charge >= 0.3 is 0 Å². The number of nitrogens with one attached hydrogen (secondary N) is 1. The Bertz CT molecular complexity index is 923. The van der Waals surface area contributed by atoms with Gasteiger partial charge in [0.2, 0.25) is 5.91 Å². The molecule has 138 valence electrons. The summed E-state index contributed by atoms with van der Waals surface area (Å²) in [7, 11) is 0. The number of anilines is 1. The van der Waals surface area contributed by atoms with Crippen LogP contribution in [0.3, 0.4) is 0 Å². The van der Waals surface area contributed by atoms with Crippen molar-refractivity contribution in [1.29, 1.82) is 0 Å². The lowest BCUT2D eigenvalue weighted by Gasteiger charge is -2.17. The second-order valence-electron chi connectivity index (χ2n) is 6.82. The Hall–Kier alpha value is -2.99. The molecular formula is C21H22N4O2. The molecule has 3 aromatic rings. The highest BCUT2D eigenvalue weighted by Gasteiger charge is 2.36. The van der Waals surface area contributed by atoms with E-state index < -0.39 is 0 Å². The highest BCUT2D eigenvalue weighted by molar-refractivity contribution is 5.93. The number of ether oxygens (including phenoxy) is 1.